The highest BCUT2D eigenvalue weighted by Crippen LogP contribution is 2.24. The van der Waals surface area contributed by atoms with Gasteiger partial charge < -0.3 is 16.0 Å². The number of nitrogens with one attached hydrogen (secondary N) is 3. The second-order valence-electron chi connectivity index (χ2n) is 8.34. The van der Waals surface area contributed by atoms with Gasteiger partial charge in [0.2, 0.25) is 5.91 Å². The Bertz CT molecular complexity index is 1530. The maximum Gasteiger partial charge on any atom is 0.272 e. The Labute approximate surface area is 248 Å². The van der Waals surface area contributed by atoms with Gasteiger partial charge in [-0.25, -0.2) is 4.39 Å². The first-order valence-corrected chi connectivity index (χ1v) is 14.1. The Morgan fingerprint density at radius 2 is 1.48 bits per heavy atom. The molecule has 0 aromatic heterocycles. The van der Waals surface area contributed by atoms with Crippen LogP contribution in [0.5, 0.6) is 0 Å². The third-order valence-electron chi connectivity index (χ3n) is 5.43. The van der Waals surface area contributed by atoms with Crippen molar-refractivity contribution in [3.05, 3.63) is 129 Å². The zero-order chi connectivity index (χ0) is 28.5. The molecule has 0 atom stereocenters. The molecule has 0 aliphatic rings. The van der Waals surface area contributed by atoms with E-state index in [0.29, 0.717) is 16.9 Å². The van der Waals surface area contributed by atoms with Crippen LogP contribution in [0.4, 0.5) is 15.8 Å². The summed E-state index contributed by atoms with van der Waals surface area (Å²) in [4.78, 5) is 39.0. The summed E-state index contributed by atoms with van der Waals surface area (Å²) < 4.78 is 15.4. The van der Waals surface area contributed by atoms with Crippen LogP contribution in [0.2, 0.25) is 5.02 Å². The molecule has 0 radical (unpaired) electrons. The highest BCUT2D eigenvalue weighted by atomic mass is 79.9. The maximum atomic E-state index is 14.5. The second-order valence-corrected chi connectivity index (χ2v) is 10.7. The Balaban J connectivity index is 1.43. The number of hydrogen-bond donors (Lipinski definition) is 3. The van der Waals surface area contributed by atoms with E-state index in [1.54, 1.807) is 66.7 Å². The van der Waals surface area contributed by atoms with Crippen LogP contribution >= 0.6 is 39.3 Å². The molecule has 3 N–H and O–H groups in total. The topological polar surface area (TPSA) is 87.3 Å². The van der Waals surface area contributed by atoms with Crippen molar-refractivity contribution in [3.8, 4) is 0 Å². The molecule has 6 nitrogen and oxygen atoms in total. The number of carbonyl (C=O) groups excluding carboxylic acids is 3. The van der Waals surface area contributed by atoms with Crippen molar-refractivity contribution < 1.29 is 18.8 Å². The van der Waals surface area contributed by atoms with Crippen molar-refractivity contribution >= 4 is 74.5 Å². The van der Waals surface area contributed by atoms with Crippen LogP contribution < -0.4 is 16.0 Å². The van der Waals surface area contributed by atoms with Crippen molar-refractivity contribution in [2.45, 2.75) is 4.90 Å². The lowest BCUT2D eigenvalue weighted by molar-refractivity contribution is -0.114. The minimum atomic E-state index is -0.669. The average Bonchev–Trinajstić information content (AvgIpc) is 2.95. The summed E-state index contributed by atoms with van der Waals surface area (Å²) in [5.41, 5.74) is 1.24. The van der Waals surface area contributed by atoms with Gasteiger partial charge in [0.15, 0.2) is 0 Å². The van der Waals surface area contributed by atoms with Gasteiger partial charge in [-0.05, 0) is 78.9 Å². The lowest BCUT2D eigenvalue weighted by Gasteiger charge is -2.12. The van der Waals surface area contributed by atoms with E-state index in [2.05, 4.69) is 31.9 Å². The standard InChI is InChI=1S/C30H22BrClFN3O3S/c31-20-9-11-21(12-10-20)34-28(37)18-40-23-15-13-22(14-16-23)35-30(39)27(17-24-25(32)7-4-8-26(24)33)36-29(38)19-5-2-1-3-6-19/h1-17H,18H2,(H,34,37)(H,35,39)(H,36,38)/b27-17-. The molecule has 0 saturated carbocycles. The lowest BCUT2D eigenvalue weighted by atomic mass is 10.1. The first-order valence-electron chi connectivity index (χ1n) is 11.9. The fourth-order valence-electron chi connectivity index (χ4n) is 3.45. The van der Waals surface area contributed by atoms with Crippen LogP contribution in [0.15, 0.2) is 112 Å². The SMILES string of the molecule is O=C(CSc1ccc(NC(=O)/C(=C/c2c(F)cccc2Cl)NC(=O)c2ccccc2)cc1)Nc1ccc(Br)cc1. The minimum Gasteiger partial charge on any atom is -0.325 e. The molecular formula is C30H22BrClFN3O3S. The van der Waals surface area contributed by atoms with Crippen LogP contribution in [0.1, 0.15) is 15.9 Å². The summed E-state index contributed by atoms with van der Waals surface area (Å²) in [7, 11) is 0. The molecule has 4 rings (SSSR count). The summed E-state index contributed by atoms with van der Waals surface area (Å²) >= 11 is 10.8. The van der Waals surface area contributed by atoms with Crippen LogP contribution in [0.3, 0.4) is 0 Å². The Morgan fingerprint density at radius 3 is 2.15 bits per heavy atom. The smallest absolute Gasteiger partial charge is 0.272 e. The van der Waals surface area contributed by atoms with Gasteiger partial charge >= 0.3 is 0 Å². The van der Waals surface area contributed by atoms with E-state index in [1.807, 2.05) is 12.1 Å². The zero-order valence-electron chi connectivity index (χ0n) is 20.8. The number of hydrogen-bond acceptors (Lipinski definition) is 4. The molecule has 0 saturated heterocycles. The normalized spacial score (nSPS) is 11.0. The molecule has 0 heterocycles. The monoisotopic (exact) mass is 637 g/mol. The van der Waals surface area contributed by atoms with Gasteiger partial charge in [-0.2, -0.15) is 0 Å². The fourth-order valence-corrected chi connectivity index (χ4v) is 4.63. The van der Waals surface area contributed by atoms with Gasteiger partial charge in [0, 0.05) is 31.9 Å². The molecule has 0 unspecified atom stereocenters. The molecule has 0 spiro atoms. The predicted octanol–water partition coefficient (Wildman–Crippen LogP) is 7.38. The molecule has 10 heteroatoms. The summed E-state index contributed by atoms with van der Waals surface area (Å²) in [5, 5.41) is 8.18. The number of benzene rings is 4. The average molecular weight is 639 g/mol. The van der Waals surface area contributed by atoms with Gasteiger partial charge in [0.1, 0.15) is 11.5 Å². The molecule has 0 aliphatic carbocycles. The van der Waals surface area contributed by atoms with E-state index in [0.717, 1.165) is 9.37 Å². The van der Waals surface area contributed by atoms with E-state index in [9.17, 15) is 18.8 Å². The quantitative estimate of drug-likeness (QED) is 0.132. The van der Waals surface area contributed by atoms with Crippen molar-refractivity contribution in [3.63, 3.8) is 0 Å². The number of halogens is 3. The van der Waals surface area contributed by atoms with Crippen molar-refractivity contribution in [2.75, 3.05) is 16.4 Å². The summed E-state index contributed by atoms with van der Waals surface area (Å²) in [5.74, 6) is -1.80. The first kappa shape index (κ1) is 29.1. The lowest BCUT2D eigenvalue weighted by Crippen LogP contribution is -2.30. The number of amides is 3. The van der Waals surface area contributed by atoms with Gasteiger partial charge in [-0.1, -0.05) is 51.8 Å². The first-order chi connectivity index (χ1) is 19.3. The van der Waals surface area contributed by atoms with Crippen molar-refractivity contribution in [2.24, 2.45) is 0 Å². The van der Waals surface area contributed by atoms with Crippen LogP contribution in [-0.2, 0) is 9.59 Å². The Morgan fingerprint density at radius 1 is 0.825 bits per heavy atom. The van der Waals surface area contributed by atoms with Crippen LogP contribution in [0.25, 0.3) is 6.08 Å². The largest absolute Gasteiger partial charge is 0.325 e. The molecular weight excluding hydrogens is 617 g/mol. The van der Waals surface area contributed by atoms with E-state index < -0.39 is 17.6 Å². The number of anilines is 2. The molecule has 0 fully saturated rings. The maximum absolute atomic E-state index is 14.5. The molecule has 40 heavy (non-hydrogen) atoms. The van der Waals surface area contributed by atoms with Gasteiger partial charge in [-0.3, -0.25) is 14.4 Å². The van der Waals surface area contributed by atoms with E-state index in [1.165, 1.54) is 36.0 Å². The third-order valence-corrected chi connectivity index (χ3v) is 7.30. The van der Waals surface area contributed by atoms with Gasteiger partial charge in [0.05, 0.1) is 10.8 Å². The Kier molecular flexibility index (Phi) is 10.1. The molecule has 0 aliphatic heterocycles. The van der Waals surface area contributed by atoms with Gasteiger partial charge in [0.25, 0.3) is 11.8 Å². The van der Waals surface area contributed by atoms with Gasteiger partial charge in [-0.15, -0.1) is 11.8 Å². The summed E-state index contributed by atoms with van der Waals surface area (Å²) in [6, 6.07) is 26.6. The van der Waals surface area contributed by atoms with E-state index in [4.69, 9.17) is 11.6 Å². The molecule has 4 aromatic rings. The summed E-state index contributed by atoms with van der Waals surface area (Å²) in [6.45, 7) is 0. The molecule has 0 bridgehead atoms. The molecule has 4 aromatic carbocycles. The van der Waals surface area contributed by atoms with Crippen molar-refractivity contribution in [1.29, 1.82) is 0 Å². The number of thioether (sulfide) groups is 1. The highest BCUT2D eigenvalue weighted by molar-refractivity contribution is 9.10. The van der Waals surface area contributed by atoms with Crippen LogP contribution in [-0.4, -0.2) is 23.5 Å². The molecule has 3 amide bonds. The second kappa shape index (κ2) is 13.9. The minimum absolute atomic E-state index is 0.0316. The third kappa shape index (κ3) is 8.29. The number of carbonyl (C=O) groups is 3. The summed E-state index contributed by atoms with van der Waals surface area (Å²) in [6.07, 6.45) is 1.20. The van der Waals surface area contributed by atoms with Crippen molar-refractivity contribution in [1.82, 2.24) is 5.32 Å². The zero-order valence-corrected chi connectivity index (χ0v) is 23.9. The Hall–Kier alpha value is -3.92. The highest BCUT2D eigenvalue weighted by Gasteiger charge is 2.17. The van der Waals surface area contributed by atoms with E-state index >= 15 is 0 Å². The number of rotatable bonds is 9. The van der Waals surface area contributed by atoms with Crippen LogP contribution in [0, 0.1) is 5.82 Å². The van der Waals surface area contributed by atoms with E-state index in [-0.39, 0.29) is 27.9 Å². The fraction of sp³-hybridized carbons (Fsp3) is 0.0333. The predicted molar refractivity (Wildman–Crippen MR) is 162 cm³/mol. The molecule has 202 valence electrons.